The van der Waals surface area contributed by atoms with E-state index in [-0.39, 0.29) is 34.0 Å². The highest BCUT2D eigenvalue weighted by atomic mass is 32.2. The van der Waals surface area contributed by atoms with Crippen LogP contribution in [-0.4, -0.2) is 32.1 Å². The summed E-state index contributed by atoms with van der Waals surface area (Å²) in [5.74, 6) is -2.05. The highest BCUT2D eigenvalue weighted by Gasteiger charge is 2.22. The molecule has 0 bridgehead atoms. The molecule has 0 aliphatic carbocycles. The number of esters is 1. The first-order chi connectivity index (χ1) is 14.6. The molecule has 0 aliphatic heterocycles. The number of carboxylic acids is 1. The zero-order valence-corrected chi connectivity index (χ0v) is 17.9. The minimum Gasteiger partial charge on any atom is -0.478 e. The molecular weight excluding hydrogens is 422 g/mol. The van der Waals surface area contributed by atoms with Gasteiger partial charge in [0.25, 0.3) is 10.0 Å². The Kier molecular flexibility index (Phi) is 7.39. The summed E-state index contributed by atoms with van der Waals surface area (Å²) < 4.78 is 33.2. The molecule has 0 amide bonds. The molecule has 0 heterocycles. The third kappa shape index (κ3) is 5.61. The first kappa shape index (κ1) is 23.4. The number of hydrogen-bond donors (Lipinski definition) is 3. The number of para-hydroxylation sites is 2. The van der Waals surface area contributed by atoms with Crippen molar-refractivity contribution >= 4 is 33.3 Å². The molecule has 9 nitrogen and oxygen atoms in total. The number of carbonyl (C=O) groups excluding carboxylic acids is 1. The highest BCUT2D eigenvalue weighted by Crippen LogP contribution is 2.27. The van der Waals surface area contributed by atoms with E-state index in [1.807, 2.05) is 0 Å². The van der Waals surface area contributed by atoms with Crippen LogP contribution in [0, 0.1) is 25.2 Å². The molecular formula is C21H21N3O6S. The Hall–Kier alpha value is -3.84. The van der Waals surface area contributed by atoms with E-state index in [0.29, 0.717) is 11.1 Å². The van der Waals surface area contributed by atoms with Crippen molar-refractivity contribution in [2.75, 3.05) is 16.6 Å². The van der Waals surface area contributed by atoms with E-state index in [1.54, 1.807) is 45.0 Å². The maximum atomic E-state index is 13.0. The first-order valence-electron chi connectivity index (χ1n) is 9.11. The summed E-state index contributed by atoms with van der Waals surface area (Å²) in [5, 5.41) is 21.1. The van der Waals surface area contributed by atoms with Gasteiger partial charge in [-0.25, -0.2) is 18.0 Å². The summed E-state index contributed by atoms with van der Waals surface area (Å²) in [6.07, 6.45) is 1.12. The van der Waals surface area contributed by atoms with Gasteiger partial charge in [0.15, 0.2) is 5.57 Å². The number of aryl methyl sites for hydroxylation is 1. The van der Waals surface area contributed by atoms with Crippen LogP contribution in [0.1, 0.15) is 28.4 Å². The van der Waals surface area contributed by atoms with E-state index in [0.717, 1.165) is 12.3 Å². The Bertz CT molecular complexity index is 1200. The molecule has 31 heavy (non-hydrogen) atoms. The molecule has 10 heteroatoms. The number of hydrogen-bond acceptors (Lipinski definition) is 7. The number of aromatic carboxylic acids is 1. The molecule has 0 saturated carbocycles. The molecule has 2 aromatic carbocycles. The molecule has 2 aromatic rings. The lowest BCUT2D eigenvalue weighted by Gasteiger charge is -2.15. The second kappa shape index (κ2) is 9.77. The topological polar surface area (TPSA) is 146 Å². The summed E-state index contributed by atoms with van der Waals surface area (Å²) in [7, 11) is -4.14. The molecule has 0 radical (unpaired) electrons. The normalized spacial score (nSPS) is 11.4. The van der Waals surface area contributed by atoms with Crippen LogP contribution in [0.2, 0.25) is 0 Å². The number of carboxylic acid groups (broad SMARTS) is 1. The van der Waals surface area contributed by atoms with Crippen molar-refractivity contribution < 1.29 is 27.9 Å². The number of nitrogens with zero attached hydrogens (tertiary/aromatic N) is 1. The van der Waals surface area contributed by atoms with E-state index in [9.17, 15) is 23.1 Å². The van der Waals surface area contributed by atoms with Crippen LogP contribution in [0.3, 0.4) is 0 Å². The molecule has 0 spiro atoms. The van der Waals surface area contributed by atoms with Crippen LogP contribution in [0.15, 0.2) is 53.1 Å². The summed E-state index contributed by atoms with van der Waals surface area (Å²) >= 11 is 0. The predicted molar refractivity (Wildman–Crippen MR) is 114 cm³/mol. The molecule has 0 aromatic heterocycles. The Balaban J connectivity index is 2.42. The fourth-order valence-corrected chi connectivity index (χ4v) is 4.05. The molecule has 0 aliphatic rings. The van der Waals surface area contributed by atoms with Crippen molar-refractivity contribution in [2.24, 2.45) is 0 Å². The van der Waals surface area contributed by atoms with Gasteiger partial charge in [-0.3, -0.25) is 4.72 Å². The van der Waals surface area contributed by atoms with Crippen LogP contribution in [0.4, 0.5) is 11.4 Å². The standard InChI is InChI=1S/C21H21N3O6S/c1-4-30-21(27)16(11-22)12-23-17-7-5-6-8-18(17)24-31(28,29)19-10-15(20(25)26)9-13(2)14(19)3/h5-10,12,23-24H,4H2,1-3H3,(H,25,26)/b16-12+. The maximum Gasteiger partial charge on any atom is 0.350 e. The molecule has 3 N–H and O–H groups in total. The maximum absolute atomic E-state index is 13.0. The van der Waals surface area contributed by atoms with Crippen molar-refractivity contribution in [2.45, 2.75) is 25.7 Å². The number of anilines is 2. The van der Waals surface area contributed by atoms with Crippen LogP contribution < -0.4 is 10.0 Å². The van der Waals surface area contributed by atoms with E-state index >= 15 is 0 Å². The van der Waals surface area contributed by atoms with Gasteiger partial charge in [-0.15, -0.1) is 0 Å². The summed E-state index contributed by atoms with van der Waals surface area (Å²) in [6, 6.07) is 10.4. The van der Waals surface area contributed by atoms with Crippen LogP contribution in [0.5, 0.6) is 0 Å². The molecule has 2 rings (SSSR count). The van der Waals surface area contributed by atoms with Gasteiger partial charge in [0.2, 0.25) is 0 Å². The third-order valence-corrected chi connectivity index (χ3v) is 5.81. The second-order valence-electron chi connectivity index (χ2n) is 6.41. The number of sulfonamides is 1. The molecule has 0 fully saturated rings. The lowest BCUT2D eigenvalue weighted by atomic mass is 10.1. The van der Waals surface area contributed by atoms with Gasteiger partial charge in [-0.2, -0.15) is 5.26 Å². The van der Waals surface area contributed by atoms with Crippen molar-refractivity contribution in [3.05, 3.63) is 64.9 Å². The minimum atomic E-state index is -4.14. The number of ether oxygens (including phenoxy) is 1. The number of nitriles is 1. The fourth-order valence-electron chi connectivity index (χ4n) is 2.62. The largest absolute Gasteiger partial charge is 0.478 e. The minimum absolute atomic E-state index is 0.0996. The van der Waals surface area contributed by atoms with Crippen molar-refractivity contribution in [1.29, 1.82) is 5.26 Å². The van der Waals surface area contributed by atoms with Crippen molar-refractivity contribution in [3.63, 3.8) is 0 Å². The zero-order valence-electron chi connectivity index (χ0n) is 17.1. The average molecular weight is 443 g/mol. The Morgan fingerprint density at radius 3 is 2.42 bits per heavy atom. The predicted octanol–water partition coefficient (Wildman–Crippen LogP) is 3.18. The molecule has 0 saturated heterocycles. The van der Waals surface area contributed by atoms with Gasteiger partial charge in [-0.1, -0.05) is 12.1 Å². The van der Waals surface area contributed by atoms with Gasteiger partial charge in [0, 0.05) is 6.20 Å². The van der Waals surface area contributed by atoms with Crippen molar-refractivity contribution in [1.82, 2.24) is 0 Å². The zero-order chi connectivity index (χ0) is 23.2. The fraction of sp³-hybridized carbons (Fsp3) is 0.190. The third-order valence-electron chi connectivity index (χ3n) is 4.32. The van der Waals surface area contributed by atoms with Crippen LogP contribution in [-0.2, 0) is 19.6 Å². The Morgan fingerprint density at radius 2 is 1.84 bits per heavy atom. The van der Waals surface area contributed by atoms with Crippen LogP contribution in [0.25, 0.3) is 0 Å². The van der Waals surface area contributed by atoms with E-state index in [2.05, 4.69) is 10.0 Å². The average Bonchev–Trinajstić information content (AvgIpc) is 2.71. The number of carbonyl (C=O) groups is 2. The highest BCUT2D eigenvalue weighted by molar-refractivity contribution is 7.92. The Morgan fingerprint density at radius 1 is 1.19 bits per heavy atom. The van der Waals surface area contributed by atoms with Gasteiger partial charge >= 0.3 is 11.9 Å². The molecule has 0 unspecified atom stereocenters. The first-order valence-corrected chi connectivity index (χ1v) is 10.6. The van der Waals surface area contributed by atoms with Gasteiger partial charge in [0.05, 0.1) is 28.4 Å². The van der Waals surface area contributed by atoms with E-state index in [4.69, 9.17) is 10.00 Å². The van der Waals surface area contributed by atoms with Gasteiger partial charge in [0.1, 0.15) is 6.07 Å². The SMILES string of the molecule is CCOC(=O)/C(C#N)=C/Nc1ccccc1NS(=O)(=O)c1cc(C(=O)O)cc(C)c1C. The smallest absolute Gasteiger partial charge is 0.350 e. The van der Waals surface area contributed by atoms with Crippen LogP contribution >= 0.6 is 0 Å². The number of benzene rings is 2. The molecule has 0 atom stereocenters. The van der Waals surface area contributed by atoms with Gasteiger partial charge < -0.3 is 15.2 Å². The van der Waals surface area contributed by atoms with Crippen molar-refractivity contribution in [3.8, 4) is 6.07 Å². The lowest BCUT2D eigenvalue weighted by Crippen LogP contribution is -2.17. The summed E-state index contributed by atoms with van der Waals surface area (Å²) in [4.78, 5) is 22.9. The van der Waals surface area contributed by atoms with E-state index < -0.39 is 22.0 Å². The van der Waals surface area contributed by atoms with Gasteiger partial charge in [-0.05, 0) is 56.2 Å². The second-order valence-corrected chi connectivity index (χ2v) is 8.06. The lowest BCUT2D eigenvalue weighted by molar-refractivity contribution is -0.138. The quantitative estimate of drug-likeness (QED) is 0.320. The van der Waals surface area contributed by atoms with E-state index in [1.165, 1.54) is 12.1 Å². The summed E-state index contributed by atoms with van der Waals surface area (Å²) in [5.41, 5.74) is 0.898. The number of rotatable bonds is 8. The molecule has 162 valence electrons. The summed E-state index contributed by atoms with van der Waals surface area (Å²) in [6.45, 7) is 4.91. The Labute approximate surface area is 180 Å². The monoisotopic (exact) mass is 443 g/mol. The number of nitrogens with one attached hydrogen (secondary N) is 2.